The molecule has 2 aromatic rings. The largest absolute Gasteiger partial charge is 0.476 e. The number of carboxylic acid groups (broad SMARTS) is 1. The molecule has 1 amide bonds. The summed E-state index contributed by atoms with van der Waals surface area (Å²) in [6.07, 6.45) is 2.56. The molecule has 0 aromatic carbocycles. The number of carbonyl (C=O) groups excluding carboxylic acids is 1. The summed E-state index contributed by atoms with van der Waals surface area (Å²) >= 11 is 5.66. The molecule has 0 unspecified atom stereocenters. The summed E-state index contributed by atoms with van der Waals surface area (Å²) < 4.78 is 1.12. The molecule has 2 aromatic heterocycles. The lowest BCUT2D eigenvalue weighted by Crippen LogP contribution is -2.19. The van der Waals surface area contributed by atoms with Gasteiger partial charge in [0, 0.05) is 6.20 Å². The maximum atomic E-state index is 11.6. The quantitative estimate of drug-likeness (QED) is 0.852. The van der Waals surface area contributed by atoms with Crippen molar-refractivity contribution in [3.63, 3.8) is 0 Å². The van der Waals surface area contributed by atoms with Crippen LogP contribution in [0.2, 0.25) is 5.02 Å². The smallest absolute Gasteiger partial charge is 0.358 e. The molecule has 2 rings (SSSR count). The number of anilines is 1. The first-order chi connectivity index (χ1) is 9.04. The van der Waals surface area contributed by atoms with Crippen LogP contribution >= 0.6 is 11.6 Å². The molecule has 19 heavy (non-hydrogen) atoms. The molecule has 8 nitrogen and oxygen atoms in total. The SMILES string of the molecule is O=C(Cn1cc(C(=O)O)nn1)Nc1ccc(Cl)cn1. The Hall–Kier alpha value is -2.48. The molecule has 9 heteroatoms. The monoisotopic (exact) mass is 281 g/mol. The van der Waals surface area contributed by atoms with Gasteiger partial charge in [0.15, 0.2) is 5.69 Å². The average molecular weight is 282 g/mol. The maximum absolute atomic E-state index is 11.6. The van der Waals surface area contributed by atoms with Crippen molar-refractivity contribution in [2.75, 3.05) is 5.32 Å². The number of hydrogen-bond donors (Lipinski definition) is 2. The van der Waals surface area contributed by atoms with Crippen LogP contribution in [0.3, 0.4) is 0 Å². The zero-order valence-electron chi connectivity index (χ0n) is 9.45. The van der Waals surface area contributed by atoms with E-state index in [-0.39, 0.29) is 12.2 Å². The number of nitrogens with one attached hydrogen (secondary N) is 1. The van der Waals surface area contributed by atoms with Crippen molar-refractivity contribution in [3.05, 3.63) is 35.2 Å². The first-order valence-corrected chi connectivity index (χ1v) is 5.47. The summed E-state index contributed by atoms with van der Waals surface area (Å²) in [5.41, 5.74) is -0.225. The van der Waals surface area contributed by atoms with Gasteiger partial charge in [-0.05, 0) is 12.1 Å². The van der Waals surface area contributed by atoms with Crippen molar-refractivity contribution < 1.29 is 14.7 Å². The zero-order chi connectivity index (χ0) is 13.8. The number of carbonyl (C=O) groups is 2. The average Bonchev–Trinajstić information content (AvgIpc) is 2.80. The van der Waals surface area contributed by atoms with Gasteiger partial charge in [0.25, 0.3) is 0 Å². The Morgan fingerprint density at radius 2 is 2.21 bits per heavy atom. The standard InChI is InChI=1S/C10H8ClN5O3/c11-6-1-2-8(12-3-6)13-9(17)5-16-4-7(10(18)19)14-15-16/h1-4H,5H2,(H,18,19)(H,12,13,17). The van der Waals surface area contributed by atoms with Crippen LogP contribution in [0.1, 0.15) is 10.5 Å². The summed E-state index contributed by atoms with van der Waals surface area (Å²) in [6, 6.07) is 3.13. The lowest BCUT2D eigenvalue weighted by Gasteiger charge is -2.03. The van der Waals surface area contributed by atoms with E-state index >= 15 is 0 Å². The molecule has 0 aliphatic heterocycles. The number of carboxylic acids is 1. The molecule has 0 bridgehead atoms. The minimum Gasteiger partial charge on any atom is -0.476 e. The van der Waals surface area contributed by atoms with Crippen molar-refractivity contribution in [1.82, 2.24) is 20.0 Å². The molecular weight excluding hydrogens is 274 g/mol. The Morgan fingerprint density at radius 3 is 2.79 bits per heavy atom. The number of pyridine rings is 1. The molecule has 0 aliphatic rings. The Balaban J connectivity index is 1.97. The van der Waals surface area contributed by atoms with E-state index in [0.29, 0.717) is 10.8 Å². The molecule has 0 aliphatic carbocycles. The van der Waals surface area contributed by atoms with Gasteiger partial charge in [-0.25, -0.2) is 14.5 Å². The second-order valence-corrected chi connectivity index (χ2v) is 3.95. The lowest BCUT2D eigenvalue weighted by atomic mass is 10.4. The van der Waals surface area contributed by atoms with Gasteiger partial charge >= 0.3 is 5.97 Å². The third-order valence-electron chi connectivity index (χ3n) is 2.06. The van der Waals surface area contributed by atoms with E-state index < -0.39 is 11.9 Å². The third-order valence-corrected chi connectivity index (χ3v) is 2.28. The second-order valence-electron chi connectivity index (χ2n) is 3.52. The fourth-order valence-electron chi connectivity index (χ4n) is 1.25. The van der Waals surface area contributed by atoms with E-state index in [9.17, 15) is 9.59 Å². The van der Waals surface area contributed by atoms with Crippen LogP contribution in [-0.4, -0.2) is 37.0 Å². The van der Waals surface area contributed by atoms with E-state index in [4.69, 9.17) is 16.7 Å². The predicted molar refractivity (Wildman–Crippen MR) is 64.9 cm³/mol. The first kappa shape index (κ1) is 13.0. The molecule has 0 spiro atoms. The number of amides is 1. The van der Waals surface area contributed by atoms with Crippen LogP contribution in [0, 0.1) is 0 Å². The van der Waals surface area contributed by atoms with Gasteiger partial charge in [-0.1, -0.05) is 16.8 Å². The predicted octanol–water partition coefficient (Wildman–Crippen LogP) is 0.663. The van der Waals surface area contributed by atoms with Crippen LogP contribution in [0.15, 0.2) is 24.5 Å². The minimum absolute atomic E-state index is 0.162. The molecule has 0 fully saturated rings. The minimum atomic E-state index is -1.20. The highest BCUT2D eigenvalue weighted by Crippen LogP contribution is 2.09. The van der Waals surface area contributed by atoms with Crippen molar-refractivity contribution in [3.8, 4) is 0 Å². The van der Waals surface area contributed by atoms with Gasteiger partial charge in [-0.2, -0.15) is 0 Å². The molecule has 0 saturated heterocycles. The van der Waals surface area contributed by atoms with Gasteiger partial charge in [-0.15, -0.1) is 5.10 Å². The van der Waals surface area contributed by atoms with E-state index in [0.717, 1.165) is 10.9 Å². The first-order valence-electron chi connectivity index (χ1n) is 5.09. The molecule has 98 valence electrons. The second kappa shape index (κ2) is 5.44. The van der Waals surface area contributed by atoms with Crippen molar-refractivity contribution in [1.29, 1.82) is 0 Å². The van der Waals surface area contributed by atoms with Crippen LogP contribution < -0.4 is 5.32 Å². The van der Waals surface area contributed by atoms with Crippen LogP contribution in [0.4, 0.5) is 5.82 Å². The Labute approximate surface area is 112 Å². The topological polar surface area (TPSA) is 110 Å². The lowest BCUT2D eigenvalue weighted by molar-refractivity contribution is -0.117. The van der Waals surface area contributed by atoms with E-state index in [1.165, 1.54) is 6.20 Å². The summed E-state index contributed by atoms with van der Waals surface area (Å²) in [5.74, 6) is -1.27. The highest BCUT2D eigenvalue weighted by atomic mass is 35.5. The van der Waals surface area contributed by atoms with E-state index in [2.05, 4.69) is 20.6 Å². The number of halogens is 1. The summed E-state index contributed by atoms with van der Waals surface area (Å²) in [7, 11) is 0. The highest BCUT2D eigenvalue weighted by molar-refractivity contribution is 6.30. The normalized spacial score (nSPS) is 10.2. The van der Waals surface area contributed by atoms with Crippen molar-refractivity contribution in [2.24, 2.45) is 0 Å². The number of rotatable bonds is 4. The number of nitrogens with zero attached hydrogens (tertiary/aromatic N) is 4. The van der Waals surface area contributed by atoms with Crippen LogP contribution in [-0.2, 0) is 11.3 Å². The van der Waals surface area contributed by atoms with Gasteiger partial charge in [0.05, 0.1) is 11.2 Å². The maximum Gasteiger partial charge on any atom is 0.358 e. The Kier molecular flexibility index (Phi) is 3.71. The van der Waals surface area contributed by atoms with Crippen molar-refractivity contribution in [2.45, 2.75) is 6.54 Å². The van der Waals surface area contributed by atoms with E-state index in [1.54, 1.807) is 12.1 Å². The van der Waals surface area contributed by atoms with Crippen molar-refractivity contribution >= 4 is 29.3 Å². The van der Waals surface area contributed by atoms with E-state index in [1.807, 2.05) is 0 Å². The highest BCUT2D eigenvalue weighted by Gasteiger charge is 2.11. The fraction of sp³-hybridized carbons (Fsp3) is 0.100. The number of aromatic carboxylic acids is 1. The van der Waals surface area contributed by atoms with Gasteiger partial charge in [-0.3, -0.25) is 4.79 Å². The summed E-state index contributed by atoms with van der Waals surface area (Å²) in [5, 5.41) is 18.5. The molecule has 2 heterocycles. The van der Waals surface area contributed by atoms with Crippen LogP contribution in [0.25, 0.3) is 0 Å². The molecule has 0 saturated carbocycles. The number of hydrogen-bond acceptors (Lipinski definition) is 5. The third kappa shape index (κ3) is 3.49. The van der Waals surface area contributed by atoms with Gasteiger partial charge in [0.2, 0.25) is 5.91 Å². The molecule has 0 radical (unpaired) electrons. The molecular formula is C10H8ClN5O3. The Bertz CT molecular complexity index is 610. The van der Waals surface area contributed by atoms with Gasteiger partial charge in [0.1, 0.15) is 12.4 Å². The summed E-state index contributed by atoms with van der Waals surface area (Å²) in [6.45, 7) is -0.162. The number of aromatic nitrogens is 4. The molecule has 0 atom stereocenters. The van der Waals surface area contributed by atoms with Crippen LogP contribution in [0.5, 0.6) is 0 Å². The summed E-state index contributed by atoms with van der Waals surface area (Å²) in [4.78, 5) is 26.1. The Morgan fingerprint density at radius 1 is 1.42 bits per heavy atom. The zero-order valence-corrected chi connectivity index (χ0v) is 10.2. The fourth-order valence-corrected chi connectivity index (χ4v) is 1.36. The van der Waals surface area contributed by atoms with Gasteiger partial charge < -0.3 is 10.4 Å². The molecule has 2 N–H and O–H groups in total.